The number of benzene rings is 1. The lowest BCUT2D eigenvalue weighted by Gasteiger charge is -2.19. The third-order valence-corrected chi connectivity index (χ3v) is 4.50. The summed E-state index contributed by atoms with van der Waals surface area (Å²) in [5.74, 6) is 0.496. The van der Waals surface area contributed by atoms with Crippen LogP contribution in [0.3, 0.4) is 0 Å². The lowest BCUT2D eigenvalue weighted by molar-refractivity contribution is -0.114. The van der Waals surface area contributed by atoms with Gasteiger partial charge in [-0.2, -0.15) is 0 Å². The Kier molecular flexibility index (Phi) is 5.84. The number of hydrogen-bond acceptors (Lipinski definition) is 3. The van der Waals surface area contributed by atoms with Gasteiger partial charge < -0.3 is 16.0 Å². The van der Waals surface area contributed by atoms with Gasteiger partial charge in [-0.15, -0.1) is 0 Å². The number of nitrogens with one attached hydrogen (secondary N) is 3. The van der Waals surface area contributed by atoms with E-state index in [1.54, 1.807) is 24.5 Å². The highest BCUT2D eigenvalue weighted by Crippen LogP contribution is 2.47. The summed E-state index contributed by atoms with van der Waals surface area (Å²) in [5, 5.41) is 9.37. The van der Waals surface area contributed by atoms with Crippen LogP contribution in [0.2, 0.25) is 0 Å². The van der Waals surface area contributed by atoms with Gasteiger partial charge >= 0.3 is 0 Å². The van der Waals surface area contributed by atoms with E-state index in [1.165, 1.54) is 18.4 Å². The van der Waals surface area contributed by atoms with Crippen LogP contribution in [-0.4, -0.2) is 36.5 Å². The van der Waals surface area contributed by atoms with Crippen LogP contribution in [0, 0.1) is 0 Å². The van der Waals surface area contributed by atoms with Crippen LogP contribution in [0.5, 0.6) is 0 Å². The maximum absolute atomic E-state index is 12.1. The van der Waals surface area contributed by atoms with Crippen molar-refractivity contribution in [2.45, 2.75) is 25.2 Å². The number of guanidine groups is 1. The van der Waals surface area contributed by atoms with E-state index in [9.17, 15) is 4.79 Å². The smallest absolute Gasteiger partial charge is 0.246 e. The first-order valence-corrected chi connectivity index (χ1v) is 8.99. The second-order valence-electron chi connectivity index (χ2n) is 6.48. The molecule has 1 aromatic heterocycles. The van der Waals surface area contributed by atoms with Gasteiger partial charge in [0, 0.05) is 24.7 Å². The van der Waals surface area contributed by atoms with E-state index in [0.717, 1.165) is 13.1 Å². The monoisotopic (exact) mass is 351 g/mol. The van der Waals surface area contributed by atoms with Gasteiger partial charge in [-0.3, -0.25) is 9.78 Å². The molecule has 6 nitrogen and oxygen atoms in total. The average Bonchev–Trinajstić information content (AvgIpc) is 3.47. The first kappa shape index (κ1) is 17.9. The molecule has 136 valence electrons. The highest BCUT2D eigenvalue weighted by atomic mass is 16.1. The molecule has 3 N–H and O–H groups in total. The zero-order chi connectivity index (χ0) is 18.2. The van der Waals surface area contributed by atoms with Crippen LogP contribution in [-0.2, 0) is 10.2 Å². The predicted molar refractivity (Wildman–Crippen MR) is 104 cm³/mol. The maximum Gasteiger partial charge on any atom is 0.246 e. The molecule has 1 saturated carbocycles. The Bertz CT molecular complexity index is 741. The SMILES string of the molecule is CCNC(=NCC(=O)Nc1cccnc1)NCC1(c2ccccc2)CC1. The summed E-state index contributed by atoms with van der Waals surface area (Å²) in [6.45, 7) is 3.63. The standard InChI is InChI=1S/C20H25N5O/c1-2-22-19(23-14-18(26)25-17-9-6-12-21-13-17)24-15-20(10-11-20)16-7-4-3-5-8-16/h3-9,12-13H,2,10-11,14-15H2,1H3,(H,25,26)(H2,22,23,24). The highest BCUT2D eigenvalue weighted by Gasteiger charge is 2.43. The molecule has 0 aliphatic heterocycles. The third kappa shape index (κ3) is 4.81. The lowest BCUT2D eigenvalue weighted by Crippen LogP contribution is -2.41. The van der Waals surface area contributed by atoms with Crippen molar-refractivity contribution in [3.63, 3.8) is 0 Å². The lowest BCUT2D eigenvalue weighted by atomic mass is 9.96. The molecule has 0 bridgehead atoms. The minimum absolute atomic E-state index is 0.0581. The van der Waals surface area contributed by atoms with Crippen LogP contribution in [0.4, 0.5) is 5.69 Å². The van der Waals surface area contributed by atoms with Crippen molar-refractivity contribution < 1.29 is 4.79 Å². The van der Waals surface area contributed by atoms with Gasteiger partial charge in [0.05, 0.1) is 11.9 Å². The van der Waals surface area contributed by atoms with Crippen molar-refractivity contribution in [3.05, 3.63) is 60.4 Å². The molecule has 2 aromatic rings. The second kappa shape index (κ2) is 8.47. The molecule has 1 aliphatic carbocycles. The van der Waals surface area contributed by atoms with Crippen molar-refractivity contribution >= 4 is 17.6 Å². The number of nitrogens with zero attached hydrogens (tertiary/aromatic N) is 2. The Morgan fingerprint density at radius 3 is 2.62 bits per heavy atom. The average molecular weight is 351 g/mol. The van der Waals surface area contributed by atoms with E-state index in [2.05, 4.69) is 50.2 Å². The van der Waals surface area contributed by atoms with Crippen LogP contribution in [0.15, 0.2) is 59.9 Å². The zero-order valence-electron chi connectivity index (χ0n) is 15.0. The highest BCUT2D eigenvalue weighted by molar-refractivity contribution is 5.93. The summed E-state index contributed by atoms with van der Waals surface area (Å²) in [4.78, 5) is 20.4. The van der Waals surface area contributed by atoms with Crippen molar-refractivity contribution in [3.8, 4) is 0 Å². The van der Waals surface area contributed by atoms with Crippen LogP contribution in [0.1, 0.15) is 25.3 Å². The predicted octanol–water partition coefficient (Wildman–Crippen LogP) is 2.31. The van der Waals surface area contributed by atoms with E-state index < -0.39 is 0 Å². The van der Waals surface area contributed by atoms with Gasteiger partial charge in [0.25, 0.3) is 0 Å². The number of carbonyl (C=O) groups excluding carboxylic acids is 1. The molecule has 0 unspecified atom stereocenters. The number of amides is 1. The van der Waals surface area contributed by atoms with E-state index in [-0.39, 0.29) is 17.9 Å². The molecule has 26 heavy (non-hydrogen) atoms. The fourth-order valence-corrected chi connectivity index (χ4v) is 2.89. The van der Waals surface area contributed by atoms with E-state index in [1.807, 2.05) is 13.0 Å². The quantitative estimate of drug-likeness (QED) is 0.528. The minimum Gasteiger partial charge on any atom is -0.357 e. The molecule has 0 saturated heterocycles. The molecular weight excluding hydrogens is 326 g/mol. The second-order valence-corrected chi connectivity index (χ2v) is 6.48. The number of hydrogen-bond donors (Lipinski definition) is 3. The number of rotatable bonds is 7. The maximum atomic E-state index is 12.1. The number of aliphatic imine (C=N–C) groups is 1. The number of anilines is 1. The van der Waals surface area contributed by atoms with Gasteiger partial charge in [-0.1, -0.05) is 30.3 Å². The molecule has 0 atom stereocenters. The molecule has 0 radical (unpaired) electrons. The third-order valence-electron chi connectivity index (χ3n) is 4.50. The van der Waals surface area contributed by atoms with Gasteiger partial charge in [-0.25, -0.2) is 4.99 Å². The van der Waals surface area contributed by atoms with Gasteiger partial charge in [0.2, 0.25) is 5.91 Å². The summed E-state index contributed by atoms with van der Waals surface area (Å²) in [5.41, 5.74) is 2.22. The zero-order valence-corrected chi connectivity index (χ0v) is 15.0. The summed E-state index contributed by atoms with van der Waals surface area (Å²) in [6, 6.07) is 14.1. The number of carbonyl (C=O) groups is 1. The summed E-state index contributed by atoms with van der Waals surface area (Å²) in [7, 11) is 0. The molecular formula is C20H25N5O. The Balaban J connectivity index is 1.55. The van der Waals surface area contributed by atoms with Crippen molar-refractivity contribution in [2.24, 2.45) is 4.99 Å². The van der Waals surface area contributed by atoms with E-state index in [0.29, 0.717) is 11.6 Å². The molecule has 1 fully saturated rings. The first-order chi connectivity index (χ1) is 12.7. The summed E-state index contributed by atoms with van der Waals surface area (Å²) < 4.78 is 0. The van der Waals surface area contributed by atoms with Crippen molar-refractivity contribution in [1.29, 1.82) is 0 Å². The normalized spacial score (nSPS) is 15.2. The van der Waals surface area contributed by atoms with Gasteiger partial charge in [0.1, 0.15) is 6.54 Å². The van der Waals surface area contributed by atoms with E-state index >= 15 is 0 Å². The Hall–Kier alpha value is -2.89. The molecule has 0 spiro atoms. The molecule has 1 aliphatic rings. The summed E-state index contributed by atoms with van der Waals surface area (Å²) >= 11 is 0. The number of pyridine rings is 1. The van der Waals surface area contributed by atoms with Gasteiger partial charge in [0.15, 0.2) is 5.96 Å². The minimum atomic E-state index is -0.167. The Labute approximate surface area is 154 Å². The molecule has 1 heterocycles. The van der Waals surface area contributed by atoms with Crippen LogP contribution in [0.25, 0.3) is 0 Å². The van der Waals surface area contributed by atoms with E-state index in [4.69, 9.17) is 0 Å². The molecule has 3 rings (SSSR count). The van der Waals surface area contributed by atoms with Gasteiger partial charge in [-0.05, 0) is 37.5 Å². The molecule has 1 amide bonds. The van der Waals surface area contributed by atoms with Crippen LogP contribution < -0.4 is 16.0 Å². The first-order valence-electron chi connectivity index (χ1n) is 8.99. The Morgan fingerprint density at radius 2 is 1.96 bits per heavy atom. The largest absolute Gasteiger partial charge is 0.357 e. The fourth-order valence-electron chi connectivity index (χ4n) is 2.89. The topological polar surface area (TPSA) is 78.4 Å². The van der Waals surface area contributed by atoms with Crippen molar-refractivity contribution in [1.82, 2.24) is 15.6 Å². The molecule has 1 aromatic carbocycles. The number of aromatic nitrogens is 1. The van der Waals surface area contributed by atoms with Crippen molar-refractivity contribution in [2.75, 3.05) is 25.0 Å². The Morgan fingerprint density at radius 1 is 1.15 bits per heavy atom. The summed E-state index contributed by atoms with van der Waals surface area (Å²) in [6.07, 6.45) is 5.62. The fraction of sp³-hybridized carbons (Fsp3) is 0.350. The molecule has 6 heteroatoms. The van der Waals surface area contributed by atoms with Crippen LogP contribution >= 0.6 is 0 Å².